The van der Waals surface area contributed by atoms with E-state index >= 15 is 0 Å². The van der Waals surface area contributed by atoms with Crippen LogP contribution in [0.3, 0.4) is 0 Å². The Balaban J connectivity index is 4.45. The molecule has 0 rings (SSSR count). The van der Waals surface area contributed by atoms with E-state index in [0.717, 1.165) is 148 Å². The number of hydrogen-bond acceptors (Lipinski definition) is 6. The van der Waals surface area contributed by atoms with Crippen LogP contribution in [0.25, 0.3) is 0 Å². The minimum absolute atomic E-state index is 0.0972. The summed E-state index contributed by atoms with van der Waals surface area (Å²) in [7, 11) is 0. The molecule has 1 unspecified atom stereocenters. The molecule has 0 saturated heterocycles. The highest BCUT2D eigenvalue weighted by atomic mass is 16.6. The van der Waals surface area contributed by atoms with Gasteiger partial charge in [0.25, 0.3) is 0 Å². The Morgan fingerprint density at radius 3 is 1.00 bits per heavy atom. The largest absolute Gasteiger partial charge is 0.462 e. The van der Waals surface area contributed by atoms with Crippen molar-refractivity contribution in [1.29, 1.82) is 0 Å². The standard InChI is InChI=1S/C59H98O6/c1-4-7-10-13-16-19-22-25-27-28-29-30-32-34-37-40-43-46-49-52-58(61)64-55-56(54-63-57(60)51-48-45-42-39-36-33-24-21-18-15-12-9-6-3)65-59(62)53-50-47-44-41-38-35-31-26-23-20-17-14-11-8-5-2/h8,11-12,15-17,19-21,24-27,29-31,56H,4-7,9-10,13-14,18,22-23,28,32-55H2,1-3H3/b11-8-,15-12-,19-16-,20-17-,24-21-,27-25-,30-29-,31-26-. The molecule has 0 N–H and O–H groups in total. The predicted octanol–water partition coefficient (Wildman–Crippen LogP) is 17.8. The summed E-state index contributed by atoms with van der Waals surface area (Å²) in [6, 6.07) is 0. The minimum Gasteiger partial charge on any atom is -0.462 e. The van der Waals surface area contributed by atoms with Crippen molar-refractivity contribution in [3.63, 3.8) is 0 Å². The maximum absolute atomic E-state index is 12.8. The molecule has 0 aliphatic rings. The fourth-order valence-electron chi connectivity index (χ4n) is 7.03. The Kier molecular flexibility index (Phi) is 50.0. The Hall–Kier alpha value is -3.67. The van der Waals surface area contributed by atoms with Gasteiger partial charge >= 0.3 is 17.9 Å². The number of hydrogen-bond donors (Lipinski definition) is 0. The van der Waals surface area contributed by atoms with Crippen LogP contribution in [-0.4, -0.2) is 37.2 Å². The molecule has 6 heteroatoms. The van der Waals surface area contributed by atoms with E-state index in [4.69, 9.17) is 14.2 Å². The first-order valence-corrected chi connectivity index (χ1v) is 26.7. The molecule has 1 atom stereocenters. The second-order valence-corrected chi connectivity index (χ2v) is 17.4. The molecule has 0 aromatic heterocycles. The lowest BCUT2D eigenvalue weighted by Crippen LogP contribution is -2.30. The molecule has 0 radical (unpaired) electrons. The molecule has 6 nitrogen and oxygen atoms in total. The van der Waals surface area contributed by atoms with E-state index in [1.165, 1.54) is 51.4 Å². The second kappa shape index (κ2) is 52.9. The van der Waals surface area contributed by atoms with E-state index in [-0.39, 0.29) is 31.1 Å². The van der Waals surface area contributed by atoms with E-state index in [9.17, 15) is 14.4 Å². The highest BCUT2D eigenvalue weighted by Gasteiger charge is 2.19. The molecule has 0 saturated carbocycles. The summed E-state index contributed by atoms with van der Waals surface area (Å²) in [5.41, 5.74) is 0. The van der Waals surface area contributed by atoms with Gasteiger partial charge in [-0.15, -0.1) is 0 Å². The number of rotatable bonds is 47. The number of esters is 3. The molecular weight excluding hydrogens is 805 g/mol. The Bertz CT molecular complexity index is 1310. The highest BCUT2D eigenvalue weighted by Crippen LogP contribution is 2.13. The Labute approximate surface area is 400 Å². The summed E-state index contributed by atoms with van der Waals surface area (Å²) < 4.78 is 16.8. The second-order valence-electron chi connectivity index (χ2n) is 17.4. The van der Waals surface area contributed by atoms with E-state index < -0.39 is 6.10 Å². The molecule has 370 valence electrons. The third kappa shape index (κ3) is 51.2. The lowest BCUT2D eigenvalue weighted by Gasteiger charge is -2.18. The fourth-order valence-corrected chi connectivity index (χ4v) is 7.03. The fraction of sp³-hybridized carbons (Fsp3) is 0.678. The molecule has 0 heterocycles. The average Bonchev–Trinajstić information content (AvgIpc) is 3.30. The molecule has 0 aliphatic carbocycles. The first-order chi connectivity index (χ1) is 32.0. The van der Waals surface area contributed by atoms with Crippen molar-refractivity contribution in [2.45, 2.75) is 245 Å². The van der Waals surface area contributed by atoms with E-state index in [1.807, 2.05) is 0 Å². The van der Waals surface area contributed by atoms with Crippen molar-refractivity contribution in [3.8, 4) is 0 Å². The number of allylic oxidation sites excluding steroid dienone is 16. The zero-order valence-corrected chi connectivity index (χ0v) is 42.2. The number of carbonyl (C=O) groups is 3. The van der Waals surface area contributed by atoms with Crippen LogP contribution in [0, 0.1) is 0 Å². The van der Waals surface area contributed by atoms with Gasteiger partial charge in [0.05, 0.1) is 0 Å². The van der Waals surface area contributed by atoms with Gasteiger partial charge in [-0.25, -0.2) is 0 Å². The van der Waals surface area contributed by atoms with Crippen molar-refractivity contribution < 1.29 is 28.6 Å². The van der Waals surface area contributed by atoms with Crippen LogP contribution in [0.4, 0.5) is 0 Å². The van der Waals surface area contributed by atoms with Crippen molar-refractivity contribution in [3.05, 3.63) is 97.2 Å². The van der Waals surface area contributed by atoms with Gasteiger partial charge in [0.1, 0.15) is 13.2 Å². The molecule has 0 fully saturated rings. The molecule has 0 bridgehead atoms. The van der Waals surface area contributed by atoms with Crippen LogP contribution in [0.2, 0.25) is 0 Å². The van der Waals surface area contributed by atoms with Crippen LogP contribution in [-0.2, 0) is 28.6 Å². The van der Waals surface area contributed by atoms with Gasteiger partial charge in [-0.1, -0.05) is 201 Å². The number of unbranched alkanes of at least 4 members (excludes halogenated alkanes) is 20. The lowest BCUT2D eigenvalue weighted by molar-refractivity contribution is -0.167. The van der Waals surface area contributed by atoms with Gasteiger partial charge in [0.15, 0.2) is 6.10 Å². The van der Waals surface area contributed by atoms with E-state index in [0.29, 0.717) is 19.3 Å². The van der Waals surface area contributed by atoms with Gasteiger partial charge in [0.2, 0.25) is 0 Å². The van der Waals surface area contributed by atoms with Crippen LogP contribution >= 0.6 is 0 Å². The van der Waals surface area contributed by atoms with Crippen molar-refractivity contribution in [1.82, 2.24) is 0 Å². The van der Waals surface area contributed by atoms with Crippen LogP contribution in [0.15, 0.2) is 97.2 Å². The van der Waals surface area contributed by atoms with Gasteiger partial charge in [-0.2, -0.15) is 0 Å². The smallest absolute Gasteiger partial charge is 0.306 e. The molecule has 0 aromatic rings. The zero-order chi connectivity index (χ0) is 47.2. The molecule has 0 aliphatic heterocycles. The molecule has 0 aromatic carbocycles. The summed E-state index contributed by atoms with van der Waals surface area (Å²) in [6.45, 7) is 6.39. The number of ether oxygens (including phenoxy) is 3. The molecule has 0 spiro atoms. The summed E-state index contributed by atoms with van der Waals surface area (Å²) in [4.78, 5) is 38.0. The normalized spacial score (nSPS) is 12.8. The van der Waals surface area contributed by atoms with Crippen LogP contribution < -0.4 is 0 Å². The van der Waals surface area contributed by atoms with Gasteiger partial charge in [0, 0.05) is 19.3 Å². The monoisotopic (exact) mass is 903 g/mol. The quantitative estimate of drug-likeness (QED) is 0.0262. The summed E-state index contributed by atoms with van der Waals surface area (Å²) in [5.74, 6) is -0.942. The lowest BCUT2D eigenvalue weighted by atomic mass is 10.1. The van der Waals surface area contributed by atoms with Crippen molar-refractivity contribution in [2.75, 3.05) is 13.2 Å². The third-order valence-electron chi connectivity index (χ3n) is 11.0. The third-order valence-corrected chi connectivity index (χ3v) is 11.0. The van der Waals surface area contributed by atoms with E-state index in [2.05, 4.69) is 118 Å². The SMILES string of the molecule is CC/C=C\C/C=C\C/C=C\CCCCCCCC(=O)OC(COC(=O)CCCCCCC/C=C\C/C=C\CCC)COC(=O)CCCCCCCC/C=C\C/C=C\C/C=C\CCCCC. The Morgan fingerprint density at radius 2 is 0.631 bits per heavy atom. The average molecular weight is 903 g/mol. The van der Waals surface area contributed by atoms with Gasteiger partial charge in [-0.05, 0) is 116 Å². The maximum atomic E-state index is 12.8. The van der Waals surface area contributed by atoms with E-state index in [1.54, 1.807) is 0 Å². The molecular formula is C59H98O6. The number of carbonyl (C=O) groups excluding carboxylic acids is 3. The topological polar surface area (TPSA) is 78.9 Å². The summed E-state index contributed by atoms with van der Waals surface area (Å²) in [6.07, 6.45) is 69.6. The first kappa shape index (κ1) is 61.3. The van der Waals surface area contributed by atoms with Crippen LogP contribution in [0.5, 0.6) is 0 Å². The Morgan fingerprint density at radius 1 is 0.323 bits per heavy atom. The first-order valence-electron chi connectivity index (χ1n) is 26.7. The zero-order valence-electron chi connectivity index (χ0n) is 42.2. The summed E-state index contributed by atoms with van der Waals surface area (Å²) >= 11 is 0. The molecule has 0 amide bonds. The summed E-state index contributed by atoms with van der Waals surface area (Å²) in [5, 5.41) is 0. The minimum atomic E-state index is -0.799. The maximum Gasteiger partial charge on any atom is 0.306 e. The van der Waals surface area contributed by atoms with Gasteiger partial charge in [-0.3, -0.25) is 14.4 Å². The predicted molar refractivity (Wildman–Crippen MR) is 279 cm³/mol. The molecule has 65 heavy (non-hydrogen) atoms. The van der Waals surface area contributed by atoms with Crippen molar-refractivity contribution >= 4 is 17.9 Å². The van der Waals surface area contributed by atoms with Crippen LogP contribution in [0.1, 0.15) is 239 Å². The highest BCUT2D eigenvalue weighted by molar-refractivity contribution is 5.71. The van der Waals surface area contributed by atoms with Gasteiger partial charge < -0.3 is 14.2 Å². The van der Waals surface area contributed by atoms with Crippen molar-refractivity contribution in [2.24, 2.45) is 0 Å².